The number of anilines is 1. The van der Waals surface area contributed by atoms with Crippen LogP contribution in [0, 0.1) is 11.3 Å². The Kier molecular flexibility index (Phi) is 6.95. The van der Waals surface area contributed by atoms with Gasteiger partial charge in [-0.05, 0) is 60.7 Å². The Balaban J connectivity index is 1.98. The number of carbonyl (C=O) groups is 1. The van der Waals surface area contributed by atoms with Gasteiger partial charge in [0.1, 0.15) is 11.7 Å². The highest BCUT2D eigenvalue weighted by Gasteiger charge is 2.30. The van der Waals surface area contributed by atoms with Gasteiger partial charge in [0.25, 0.3) is 0 Å². The molecule has 0 atom stereocenters. The van der Waals surface area contributed by atoms with Crippen molar-refractivity contribution in [1.29, 1.82) is 5.26 Å². The van der Waals surface area contributed by atoms with Crippen molar-refractivity contribution in [3.05, 3.63) is 12.2 Å². The Morgan fingerprint density at radius 1 is 1.32 bits per heavy atom. The van der Waals surface area contributed by atoms with Gasteiger partial charge in [-0.1, -0.05) is 12.8 Å². The molecule has 10 nitrogen and oxygen atoms in total. The normalized spacial score (nSPS) is 14.7. The van der Waals surface area contributed by atoms with E-state index in [9.17, 15) is 10.1 Å². The van der Waals surface area contributed by atoms with Crippen LogP contribution < -0.4 is 10.4 Å². The summed E-state index contributed by atoms with van der Waals surface area (Å²) >= 11 is 0. The molecule has 0 spiro atoms. The van der Waals surface area contributed by atoms with Crippen LogP contribution in [0.1, 0.15) is 58.7 Å². The molecule has 1 saturated carbocycles. The van der Waals surface area contributed by atoms with Gasteiger partial charge in [0.15, 0.2) is 17.0 Å². The van der Waals surface area contributed by atoms with Crippen LogP contribution in [0.2, 0.25) is 0 Å². The zero-order valence-electron chi connectivity index (χ0n) is 19.1. The Bertz CT molecular complexity index is 951. The number of nitrogens with one attached hydrogen (secondary N) is 1. The molecule has 2 aromatic heterocycles. The molecule has 10 heteroatoms. The van der Waals surface area contributed by atoms with Gasteiger partial charge in [0, 0.05) is 6.54 Å². The molecule has 2 heterocycles. The lowest BCUT2D eigenvalue weighted by atomic mass is 10.2. The van der Waals surface area contributed by atoms with Crippen LogP contribution in [-0.4, -0.2) is 62.8 Å². The summed E-state index contributed by atoms with van der Waals surface area (Å²) in [6.45, 7) is 7.10. The second kappa shape index (κ2) is 9.47. The second-order valence-corrected chi connectivity index (χ2v) is 9.17. The average Bonchev–Trinajstić information content (AvgIpc) is 3.34. The molecule has 1 fully saturated rings. The first kappa shape index (κ1) is 22.7. The topological polar surface area (TPSA) is 112 Å². The molecule has 31 heavy (non-hydrogen) atoms. The number of rotatable bonds is 7. The van der Waals surface area contributed by atoms with Crippen LogP contribution in [0.3, 0.4) is 0 Å². The van der Waals surface area contributed by atoms with E-state index >= 15 is 0 Å². The Hall–Kier alpha value is -2.93. The van der Waals surface area contributed by atoms with Crippen LogP contribution in [0.15, 0.2) is 6.33 Å². The van der Waals surface area contributed by atoms with Crippen molar-refractivity contribution in [3.63, 3.8) is 0 Å². The monoisotopic (exact) mass is 428 g/mol. The largest absolute Gasteiger partial charge is 0.443 e. The summed E-state index contributed by atoms with van der Waals surface area (Å²) in [5.74, 6) is 0.483. The molecule has 0 aromatic carbocycles. The molecular formula is C21H32N8O2. The lowest BCUT2D eigenvalue weighted by Crippen LogP contribution is -2.50. The number of ether oxygens (including phenoxy) is 1. The third-order valence-electron chi connectivity index (χ3n) is 5.08. The third-order valence-corrected chi connectivity index (χ3v) is 5.08. The van der Waals surface area contributed by atoms with Crippen LogP contribution in [-0.2, 0) is 11.3 Å². The quantitative estimate of drug-likeness (QED) is 0.670. The minimum Gasteiger partial charge on any atom is -0.443 e. The Morgan fingerprint density at radius 3 is 2.65 bits per heavy atom. The Morgan fingerprint density at radius 2 is 2.03 bits per heavy atom. The Labute approximate surface area is 183 Å². The molecule has 3 rings (SSSR count). The molecule has 1 aliphatic rings. The lowest BCUT2D eigenvalue weighted by Gasteiger charge is -2.31. The molecule has 0 radical (unpaired) electrons. The van der Waals surface area contributed by atoms with E-state index in [-0.39, 0.29) is 11.9 Å². The van der Waals surface area contributed by atoms with Crippen molar-refractivity contribution in [2.45, 2.75) is 71.1 Å². The van der Waals surface area contributed by atoms with E-state index < -0.39 is 11.7 Å². The van der Waals surface area contributed by atoms with Gasteiger partial charge in [0.2, 0.25) is 5.82 Å². The highest BCUT2D eigenvalue weighted by atomic mass is 16.6. The van der Waals surface area contributed by atoms with Gasteiger partial charge in [-0.3, -0.25) is 5.01 Å². The number of imidazole rings is 1. The second-order valence-electron chi connectivity index (χ2n) is 9.17. The van der Waals surface area contributed by atoms with Gasteiger partial charge in [-0.2, -0.15) is 15.2 Å². The van der Waals surface area contributed by atoms with Crippen molar-refractivity contribution >= 4 is 23.1 Å². The zero-order chi connectivity index (χ0) is 22.6. The van der Waals surface area contributed by atoms with E-state index in [0.717, 1.165) is 45.2 Å². The number of carbonyl (C=O) groups excluding carboxylic acids is 1. The van der Waals surface area contributed by atoms with Crippen LogP contribution in [0.25, 0.3) is 11.2 Å². The number of aryl methyl sites for hydroxylation is 1. The molecule has 2 aromatic rings. The summed E-state index contributed by atoms with van der Waals surface area (Å²) in [5, 5.41) is 11.3. The van der Waals surface area contributed by atoms with Crippen molar-refractivity contribution in [3.8, 4) is 6.07 Å². The number of fused-ring (bicyclic) bond motifs is 1. The summed E-state index contributed by atoms with van der Waals surface area (Å²) in [5.41, 5.74) is 3.39. The maximum absolute atomic E-state index is 12.6. The maximum Gasteiger partial charge on any atom is 0.426 e. The van der Waals surface area contributed by atoms with E-state index in [0.29, 0.717) is 17.0 Å². The number of nitrogens with zero attached hydrogens (tertiary/aromatic N) is 7. The van der Waals surface area contributed by atoms with E-state index in [1.807, 2.05) is 45.5 Å². The predicted octanol–water partition coefficient (Wildman–Crippen LogP) is 2.84. The van der Waals surface area contributed by atoms with E-state index in [1.54, 1.807) is 11.3 Å². The number of nitriles is 1. The first-order valence-corrected chi connectivity index (χ1v) is 10.7. The predicted molar refractivity (Wildman–Crippen MR) is 117 cm³/mol. The molecule has 1 aliphatic carbocycles. The fourth-order valence-electron chi connectivity index (χ4n) is 3.75. The van der Waals surface area contributed by atoms with Gasteiger partial charge in [0.05, 0.1) is 12.4 Å². The molecule has 0 saturated heterocycles. The number of aromatic nitrogens is 4. The van der Waals surface area contributed by atoms with E-state index in [1.165, 1.54) is 0 Å². The molecule has 1 amide bonds. The molecule has 1 N–H and O–H groups in total. The highest BCUT2D eigenvalue weighted by molar-refractivity contribution is 5.85. The fraction of sp³-hybridized carbons (Fsp3) is 0.667. The van der Waals surface area contributed by atoms with E-state index in [2.05, 4.69) is 25.3 Å². The van der Waals surface area contributed by atoms with Gasteiger partial charge < -0.3 is 14.2 Å². The number of hydrogen-bond donors (Lipinski definition) is 1. The SMILES string of the molecule is CN(C)CCCn1cnc2c(N(NC(=O)OC(C)(C)C)C3CCCC3)nc(C#N)nc21. The van der Waals surface area contributed by atoms with E-state index in [4.69, 9.17) is 4.74 Å². The fourth-order valence-corrected chi connectivity index (χ4v) is 3.75. The van der Waals surface area contributed by atoms with Crippen LogP contribution in [0.4, 0.5) is 10.6 Å². The summed E-state index contributed by atoms with van der Waals surface area (Å²) in [6.07, 6.45) is 6.03. The van der Waals surface area contributed by atoms with Crippen LogP contribution in [0.5, 0.6) is 0 Å². The third kappa shape index (κ3) is 5.82. The maximum atomic E-state index is 12.6. The number of amides is 1. The van der Waals surface area contributed by atoms with Gasteiger partial charge in [-0.15, -0.1) is 0 Å². The molecule has 168 valence electrons. The highest BCUT2D eigenvalue weighted by Crippen LogP contribution is 2.30. The molecule has 0 unspecified atom stereocenters. The van der Waals surface area contributed by atoms with Gasteiger partial charge in [-0.25, -0.2) is 15.2 Å². The smallest absolute Gasteiger partial charge is 0.426 e. The minimum atomic E-state index is -0.627. The van der Waals surface area contributed by atoms with Crippen molar-refractivity contribution < 1.29 is 9.53 Å². The van der Waals surface area contributed by atoms with Crippen molar-refractivity contribution in [2.75, 3.05) is 25.6 Å². The summed E-state index contributed by atoms with van der Waals surface area (Å²) < 4.78 is 7.40. The number of hydrazine groups is 1. The summed E-state index contributed by atoms with van der Waals surface area (Å²) in [7, 11) is 4.06. The average molecular weight is 429 g/mol. The summed E-state index contributed by atoms with van der Waals surface area (Å²) in [4.78, 5) is 28.1. The first-order chi connectivity index (χ1) is 14.7. The lowest BCUT2D eigenvalue weighted by molar-refractivity contribution is 0.0514. The van der Waals surface area contributed by atoms with Crippen molar-refractivity contribution in [1.82, 2.24) is 29.8 Å². The minimum absolute atomic E-state index is 0.0471. The van der Waals surface area contributed by atoms with Crippen molar-refractivity contribution in [2.24, 2.45) is 0 Å². The van der Waals surface area contributed by atoms with Gasteiger partial charge >= 0.3 is 6.09 Å². The number of hydrogen-bond acceptors (Lipinski definition) is 8. The molecule has 0 aliphatic heterocycles. The van der Waals surface area contributed by atoms with Crippen LogP contribution >= 0.6 is 0 Å². The first-order valence-electron chi connectivity index (χ1n) is 10.7. The standard InChI is InChI=1S/C21H32N8O2/c1-21(2,3)31-20(30)26-29(15-9-6-7-10-15)19-17-18(24-16(13-22)25-19)28(14-23-17)12-8-11-27(4)5/h14-15H,6-12H2,1-5H3,(H,26,30). The molecule has 0 bridgehead atoms. The zero-order valence-corrected chi connectivity index (χ0v) is 19.1. The summed E-state index contributed by atoms with van der Waals surface area (Å²) in [6, 6.07) is 2.10. The molecular weight excluding hydrogens is 396 g/mol.